The first-order valence-corrected chi connectivity index (χ1v) is 14.7. The SMILES string of the molecule is CC(=O)OC[C@]12[C@@H](OC(C)=O)C(=O)[C@@H]3[C@@H](OC(C)=O)[C@]1(OC3(C)C)[C@H](C)[C@@H](OC(C)=O)[C@H](OC(C)=O)[C@@H]2OC(=O)c1ccccc1. The standard InChI is InChI=1S/C32H38O14/c1-15-24(41-17(3)34)25(42-18(4)35)28(45-29(39)21-12-10-9-11-13-21)31(14-40-16(2)33)27(44-20(6)37)23(38)22-26(43-19(5)36)32(15,31)46-30(22,7)8/h9-13,15,22,24-28H,14H2,1-8H3/t15-,22-,24-,25+,26-,27+,28+,31-,32-/m1/s1. The van der Waals surface area contributed by atoms with E-state index in [0.29, 0.717) is 0 Å². The van der Waals surface area contributed by atoms with E-state index in [1.54, 1.807) is 32.0 Å². The fourth-order valence-corrected chi connectivity index (χ4v) is 7.55. The monoisotopic (exact) mass is 646 g/mol. The van der Waals surface area contributed by atoms with Gasteiger partial charge >= 0.3 is 35.8 Å². The van der Waals surface area contributed by atoms with Crippen molar-refractivity contribution in [1.29, 1.82) is 0 Å². The van der Waals surface area contributed by atoms with Gasteiger partial charge in [-0.25, -0.2) is 4.79 Å². The number of carbonyl (C=O) groups is 7. The van der Waals surface area contributed by atoms with E-state index in [0.717, 1.165) is 34.6 Å². The summed E-state index contributed by atoms with van der Waals surface area (Å²) >= 11 is 0. The molecule has 9 atom stereocenters. The molecule has 4 rings (SSSR count). The summed E-state index contributed by atoms with van der Waals surface area (Å²) in [6.45, 7) is 9.28. The van der Waals surface area contributed by atoms with Crippen molar-refractivity contribution in [3.63, 3.8) is 0 Å². The number of hydrogen-bond acceptors (Lipinski definition) is 14. The van der Waals surface area contributed by atoms with Crippen molar-refractivity contribution in [3.05, 3.63) is 35.9 Å². The van der Waals surface area contributed by atoms with E-state index < -0.39 is 107 Å². The second-order valence-electron chi connectivity index (χ2n) is 12.3. The Balaban J connectivity index is 2.16. The fourth-order valence-electron chi connectivity index (χ4n) is 7.55. The number of Topliss-reactive ketones (excluding diaryl/α,β-unsaturated/α-hetero) is 1. The van der Waals surface area contributed by atoms with Crippen LogP contribution < -0.4 is 0 Å². The second kappa shape index (κ2) is 12.5. The van der Waals surface area contributed by atoms with E-state index in [9.17, 15) is 33.6 Å². The minimum Gasteiger partial charge on any atom is -0.465 e. The van der Waals surface area contributed by atoms with Gasteiger partial charge in [0.1, 0.15) is 29.8 Å². The largest absolute Gasteiger partial charge is 0.465 e. The van der Waals surface area contributed by atoms with Crippen LogP contribution in [-0.4, -0.2) is 89.9 Å². The quantitative estimate of drug-likeness (QED) is 0.295. The van der Waals surface area contributed by atoms with Crippen LogP contribution >= 0.6 is 0 Å². The van der Waals surface area contributed by atoms with Crippen molar-refractivity contribution in [2.24, 2.45) is 17.3 Å². The molecule has 0 N–H and O–H groups in total. The van der Waals surface area contributed by atoms with Crippen LogP contribution in [0.15, 0.2) is 30.3 Å². The van der Waals surface area contributed by atoms with Crippen molar-refractivity contribution in [1.82, 2.24) is 0 Å². The minimum atomic E-state index is -2.24. The van der Waals surface area contributed by atoms with Gasteiger partial charge in [0.15, 0.2) is 24.1 Å². The van der Waals surface area contributed by atoms with E-state index in [1.807, 2.05) is 0 Å². The molecule has 0 radical (unpaired) electrons. The third-order valence-electron chi connectivity index (χ3n) is 8.90. The molecule has 1 saturated heterocycles. The van der Waals surface area contributed by atoms with E-state index in [1.165, 1.54) is 19.1 Å². The number of ether oxygens (including phenoxy) is 7. The average Bonchev–Trinajstić information content (AvgIpc) is 3.14. The third kappa shape index (κ3) is 5.63. The predicted octanol–water partition coefficient (Wildman–Crippen LogP) is 1.88. The molecule has 1 aliphatic heterocycles. The lowest BCUT2D eigenvalue weighted by Gasteiger charge is -2.64. The highest BCUT2D eigenvalue weighted by atomic mass is 16.6. The molecule has 0 unspecified atom stereocenters. The topological polar surface area (TPSA) is 184 Å². The zero-order valence-electron chi connectivity index (χ0n) is 26.9. The van der Waals surface area contributed by atoms with Crippen LogP contribution in [0.5, 0.6) is 0 Å². The summed E-state index contributed by atoms with van der Waals surface area (Å²) in [6, 6.07) is 7.67. The number of fused-ring (bicyclic) bond motifs is 1. The van der Waals surface area contributed by atoms with Crippen LogP contribution in [0.25, 0.3) is 0 Å². The first-order valence-electron chi connectivity index (χ1n) is 14.7. The molecule has 1 heterocycles. The minimum absolute atomic E-state index is 0.0386. The Bertz CT molecular complexity index is 1440. The van der Waals surface area contributed by atoms with Crippen LogP contribution in [0, 0.1) is 17.3 Å². The molecular formula is C32H38O14. The molecule has 3 fully saturated rings. The summed E-state index contributed by atoms with van der Waals surface area (Å²) in [5, 5.41) is 0. The summed E-state index contributed by atoms with van der Waals surface area (Å²) in [5.41, 5.74) is -5.68. The molecule has 250 valence electrons. The van der Waals surface area contributed by atoms with Gasteiger partial charge in [0.25, 0.3) is 0 Å². The molecular weight excluding hydrogens is 608 g/mol. The Hall–Kier alpha value is -4.33. The van der Waals surface area contributed by atoms with E-state index in [4.69, 9.17) is 33.2 Å². The van der Waals surface area contributed by atoms with E-state index in [-0.39, 0.29) is 5.56 Å². The van der Waals surface area contributed by atoms with Crippen molar-refractivity contribution in [2.45, 2.75) is 97.1 Å². The van der Waals surface area contributed by atoms with Crippen LogP contribution in [0.2, 0.25) is 0 Å². The summed E-state index contributed by atoms with van der Waals surface area (Å²) < 4.78 is 41.5. The molecule has 2 aliphatic carbocycles. The van der Waals surface area contributed by atoms with Crippen LogP contribution in [-0.2, 0) is 61.9 Å². The molecule has 2 bridgehead atoms. The third-order valence-corrected chi connectivity index (χ3v) is 8.90. The number of esters is 6. The number of benzene rings is 1. The van der Waals surface area contributed by atoms with Crippen molar-refractivity contribution in [2.75, 3.05) is 6.61 Å². The molecule has 2 saturated carbocycles. The summed E-state index contributed by atoms with van der Waals surface area (Å²) in [7, 11) is 0. The number of hydrogen-bond donors (Lipinski definition) is 0. The van der Waals surface area contributed by atoms with Crippen LogP contribution in [0.4, 0.5) is 0 Å². The van der Waals surface area contributed by atoms with Crippen LogP contribution in [0.3, 0.4) is 0 Å². The normalized spacial score (nSPS) is 33.9. The first-order chi connectivity index (χ1) is 21.4. The predicted molar refractivity (Wildman–Crippen MR) is 152 cm³/mol. The first kappa shape index (κ1) is 34.5. The Labute approximate surface area is 265 Å². The van der Waals surface area contributed by atoms with E-state index >= 15 is 0 Å². The van der Waals surface area contributed by atoms with Gasteiger partial charge in [-0.15, -0.1) is 0 Å². The molecule has 46 heavy (non-hydrogen) atoms. The molecule has 1 spiro atoms. The van der Waals surface area contributed by atoms with Crippen molar-refractivity contribution in [3.8, 4) is 0 Å². The smallest absolute Gasteiger partial charge is 0.338 e. The van der Waals surface area contributed by atoms with Gasteiger partial charge in [-0.1, -0.05) is 25.1 Å². The highest BCUT2D eigenvalue weighted by molar-refractivity contribution is 5.93. The number of ketones is 1. The fraction of sp³-hybridized carbons (Fsp3) is 0.594. The molecule has 1 aromatic rings. The van der Waals surface area contributed by atoms with Crippen LogP contribution in [0.1, 0.15) is 65.7 Å². The molecule has 0 amide bonds. The number of carbonyl (C=O) groups excluding carboxylic acids is 7. The Morgan fingerprint density at radius 2 is 1.26 bits per heavy atom. The molecule has 14 heteroatoms. The van der Waals surface area contributed by atoms with E-state index in [2.05, 4.69) is 0 Å². The van der Waals surface area contributed by atoms with Crippen molar-refractivity contribution >= 4 is 41.6 Å². The Kier molecular flexibility index (Phi) is 9.36. The van der Waals surface area contributed by atoms with Gasteiger partial charge in [-0.3, -0.25) is 28.8 Å². The number of rotatable bonds is 8. The maximum Gasteiger partial charge on any atom is 0.338 e. The molecule has 0 aromatic heterocycles. The highest BCUT2D eigenvalue weighted by Crippen LogP contribution is 2.67. The van der Waals surface area contributed by atoms with Gasteiger partial charge < -0.3 is 33.2 Å². The highest BCUT2D eigenvalue weighted by Gasteiger charge is 2.87. The average molecular weight is 647 g/mol. The lowest BCUT2D eigenvalue weighted by Crippen LogP contribution is -2.83. The van der Waals surface area contributed by atoms with Gasteiger partial charge in [-0.2, -0.15) is 0 Å². The molecule has 14 nitrogen and oxygen atoms in total. The summed E-state index contributed by atoms with van der Waals surface area (Å²) in [6.07, 6.45) is -8.32. The lowest BCUT2D eigenvalue weighted by molar-refractivity contribution is -0.332. The van der Waals surface area contributed by atoms with Gasteiger partial charge in [0, 0.05) is 40.5 Å². The summed E-state index contributed by atoms with van der Waals surface area (Å²) in [4.78, 5) is 91.4. The zero-order valence-corrected chi connectivity index (χ0v) is 26.9. The summed E-state index contributed by atoms with van der Waals surface area (Å²) in [5.74, 6) is -8.45. The molecule has 3 aliphatic rings. The maximum absolute atomic E-state index is 14.6. The van der Waals surface area contributed by atoms with Gasteiger partial charge in [-0.05, 0) is 26.0 Å². The van der Waals surface area contributed by atoms with Gasteiger partial charge in [0.2, 0.25) is 0 Å². The van der Waals surface area contributed by atoms with Crippen molar-refractivity contribution < 1.29 is 66.7 Å². The lowest BCUT2D eigenvalue weighted by atomic mass is 9.46. The second-order valence-corrected chi connectivity index (χ2v) is 12.3. The Morgan fingerprint density at radius 3 is 1.78 bits per heavy atom. The maximum atomic E-state index is 14.6. The van der Waals surface area contributed by atoms with Gasteiger partial charge in [0.05, 0.1) is 17.1 Å². The zero-order chi connectivity index (χ0) is 34.4. The Morgan fingerprint density at radius 1 is 0.717 bits per heavy atom. The molecule has 1 aromatic carbocycles.